The summed E-state index contributed by atoms with van der Waals surface area (Å²) in [6, 6.07) is 4.63. The number of hydrogen-bond donors (Lipinski definition) is 0. The Hall–Kier alpha value is -1.30. The minimum atomic E-state index is -0.453. The maximum atomic E-state index is 11.1. The number of benzene rings is 1. The number of ether oxygens (including phenoxy) is 2. The van der Waals surface area contributed by atoms with E-state index in [1.54, 1.807) is 12.1 Å². The zero-order valence-electron chi connectivity index (χ0n) is 12.0. The summed E-state index contributed by atoms with van der Waals surface area (Å²) in [5.41, 5.74) is -0.0756. The second-order valence-electron chi connectivity index (χ2n) is 4.72. The molecule has 5 nitrogen and oxygen atoms in total. The lowest BCUT2D eigenvalue weighted by atomic mass is 9.86. The molecular formula is C14H20BrNO4. The van der Waals surface area contributed by atoms with Gasteiger partial charge in [-0.25, -0.2) is 0 Å². The third-order valence-electron chi connectivity index (χ3n) is 3.68. The molecule has 0 N–H and O–H groups in total. The molecule has 0 bridgehead atoms. The molecule has 112 valence electrons. The molecule has 0 aromatic heterocycles. The van der Waals surface area contributed by atoms with Gasteiger partial charge in [0.2, 0.25) is 0 Å². The summed E-state index contributed by atoms with van der Waals surface area (Å²) in [6.45, 7) is 4.63. The van der Waals surface area contributed by atoms with Crippen LogP contribution in [0.15, 0.2) is 18.2 Å². The van der Waals surface area contributed by atoms with Crippen LogP contribution < -0.4 is 9.47 Å². The van der Waals surface area contributed by atoms with E-state index >= 15 is 0 Å². The van der Waals surface area contributed by atoms with Crippen LogP contribution in [0.4, 0.5) is 5.69 Å². The van der Waals surface area contributed by atoms with E-state index in [0.29, 0.717) is 12.4 Å². The largest absolute Gasteiger partial charge is 0.496 e. The summed E-state index contributed by atoms with van der Waals surface area (Å²) in [7, 11) is 1.48. The first-order chi connectivity index (χ1) is 9.51. The van der Waals surface area contributed by atoms with E-state index in [-0.39, 0.29) is 16.9 Å². The summed E-state index contributed by atoms with van der Waals surface area (Å²) >= 11 is 3.50. The van der Waals surface area contributed by atoms with Crippen LogP contribution in [-0.2, 0) is 0 Å². The lowest BCUT2D eigenvalue weighted by molar-refractivity contribution is -0.386. The van der Waals surface area contributed by atoms with Gasteiger partial charge in [0.25, 0.3) is 0 Å². The van der Waals surface area contributed by atoms with E-state index in [2.05, 4.69) is 29.8 Å². The first-order valence-corrected chi connectivity index (χ1v) is 7.65. The zero-order chi connectivity index (χ0) is 15.2. The average molecular weight is 346 g/mol. The molecule has 0 radical (unpaired) electrons. The fourth-order valence-corrected chi connectivity index (χ4v) is 2.76. The highest BCUT2D eigenvalue weighted by atomic mass is 79.9. The van der Waals surface area contributed by atoms with Crippen LogP contribution >= 0.6 is 15.9 Å². The molecule has 0 heterocycles. The highest BCUT2D eigenvalue weighted by molar-refractivity contribution is 9.09. The van der Waals surface area contributed by atoms with E-state index in [0.717, 1.165) is 18.2 Å². The molecule has 0 aliphatic carbocycles. The van der Waals surface area contributed by atoms with Crippen LogP contribution in [0.25, 0.3) is 0 Å². The predicted molar refractivity (Wildman–Crippen MR) is 82.0 cm³/mol. The van der Waals surface area contributed by atoms with Crippen molar-refractivity contribution >= 4 is 21.6 Å². The second-order valence-corrected chi connectivity index (χ2v) is 5.28. The molecule has 1 rings (SSSR count). The van der Waals surface area contributed by atoms with E-state index in [9.17, 15) is 10.1 Å². The molecule has 0 fully saturated rings. The van der Waals surface area contributed by atoms with Crippen molar-refractivity contribution in [3.63, 3.8) is 0 Å². The third kappa shape index (κ3) is 3.85. The maximum absolute atomic E-state index is 11.1. The molecule has 6 heteroatoms. The van der Waals surface area contributed by atoms with Gasteiger partial charge in [-0.05, 0) is 25.0 Å². The van der Waals surface area contributed by atoms with Crippen LogP contribution in [0, 0.1) is 15.5 Å². The van der Waals surface area contributed by atoms with E-state index in [1.165, 1.54) is 13.2 Å². The Labute approximate surface area is 127 Å². The number of hydrogen-bond acceptors (Lipinski definition) is 4. The molecule has 0 saturated heterocycles. The van der Waals surface area contributed by atoms with Crippen molar-refractivity contribution in [3.8, 4) is 11.5 Å². The molecule has 1 aromatic carbocycles. The average Bonchev–Trinajstić information content (AvgIpc) is 2.49. The summed E-state index contributed by atoms with van der Waals surface area (Å²) < 4.78 is 10.7. The Morgan fingerprint density at radius 2 is 2.00 bits per heavy atom. The molecule has 0 unspecified atom stereocenters. The van der Waals surface area contributed by atoms with Gasteiger partial charge in [-0.1, -0.05) is 29.8 Å². The lowest BCUT2D eigenvalue weighted by Gasteiger charge is -2.29. The van der Waals surface area contributed by atoms with Crippen LogP contribution in [0.2, 0.25) is 0 Å². The second kappa shape index (κ2) is 7.47. The molecular weight excluding hydrogens is 326 g/mol. The number of nitro benzene ring substituents is 1. The van der Waals surface area contributed by atoms with E-state index < -0.39 is 4.92 Å². The number of alkyl halides is 1. The number of nitrogens with zero attached hydrogens (tertiary/aromatic N) is 1. The standard InChI is InChI=1S/C14H20BrNO4/c1-4-14(5-2,9-15)10-20-13-7-6-11(19-3)8-12(13)16(17)18/h6-8H,4-5,9-10H2,1-3H3. The number of rotatable bonds is 8. The van der Waals surface area contributed by atoms with Crippen LogP contribution in [0.3, 0.4) is 0 Å². The van der Waals surface area contributed by atoms with Gasteiger partial charge in [-0.2, -0.15) is 0 Å². The Balaban J connectivity index is 2.94. The quantitative estimate of drug-likeness (QED) is 0.402. The summed E-state index contributed by atoms with van der Waals surface area (Å²) in [5.74, 6) is 0.727. The van der Waals surface area contributed by atoms with Gasteiger partial charge in [0, 0.05) is 10.7 Å². The number of nitro groups is 1. The number of methoxy groups -OCH3 is 1. The smallest absolute Gasteiger partial charge is 0.314 e. The first kappa shape index (κ1) is 16.8. The molecule has 0 aliphatic rings. The fourth-order valence-electron chi connectivity index (χ4n) is 1.80. The van der Waals surface area contributed by atoms with Gasteiger partial charge >= 0.3 is 5.69 Å². The maximum Gasteiger partial charge on any atom is 0.314 e. The van der Waals surface area contributed by atoms with Crippen molar-refractivity contribution in [1.29, 1.82) is 0 Å². The topological polar surface area (TPSA) is 61.6 Å². The van der Waals surface area contributed by atoms with Crippen molar-refractivity contribution in [3.05, 3.63) is 28.3 Å². The summed E-state index contributed by atoms with van der Waals surface area (Å²) in [6.07, 6.45) is 1.89. The SMILES string of the molecule is CCC(CC)(CBr)COc1ccc(OC)cc1[N+](=O)[O-]. The Bertz CT molecular complexity index is 452. The Morgan fingerprint density at radius 3 is 2.45 bits per heavy atom. The lowest BCUT2D eigenvalue weighted by Crippen LogP contribution is -2.29. The van der Waals surface area contributed by atoms with Crippen molar-refractivity contribution < 1.29 is 14.4 Å². The number of halogens is 1. The van der Waals surface area contributed by atoms with Crippen LogP contribution in [-0.4, -0.2) is 24.0 Å². The van der Waals surface area contributed by atoms with Crippen LogP contribution in [0.5, 0.6) is 11.5 Å². The Kier molecular flexibility index (Phi) is 6.26. The van der Waals surface area contributed by atoms with Gasteiger partial charge in [0.15, 0.2) is 5.75 Å². The minimum absolute atomic E-state index is 0.00615. The molecule has 20 heavy (non-hydrogen) atoms. The monoisotopic (exact) mass is 345 g/mol. The zero-order valence-corrected chi connectivity index (χ0v) is 13.6. The van der Waals surface area contributed by atoms with E-state index in [4.69, 9.17) is 9.47 Å². The van der Waals surface area contributed by atoms with Crippen molar-refractivity contribution in [2.24, 2.45) is 5.41 Å². The fraction of sp³-hybridized carbons (Fsp3) is 0.571. The first-order valence-electron chi connectivity index (χ1n) is 6.53. The molecule has 0 saturated carbocycles. The highest BCUT2D eigenvalue weighted by Gasteiger charge is 2.27. The Morgan fingerprint density at radius 1 is 1.35 bits per heavy atom. The highest BCUT2D eigenvalue weighted by Crippen LogP contribution is 2.34. The molecule has 0 spiro atoms. The van der Waals surface area contributed by atoms with Crippen molar-refractivity contribution in [2.45, 2.75) is 26.7 Å². The minimum Gasteiger partial charge on any atom is -0.496 e. The van der Waals surface area contributed by atoms with E-state index in [1.807, 2.05) is 0 Å². The summed E-state index contributed by atoms with van der Waals surface area (Å²) in [4.78, 5) is 10.6. The van der Waals surface area contributed by atoms with Gasteiger partial charge < -0.3 is 9.47 Å². The van der Waals surface area contributed by atoms with Gasteiger partial charge in [-0.3, -0.25) is 10.1 Å². The predicted octanol–water partition coefficient (Wildman–Crippen LogP) is 4.18. The van der Waals surface area contributed by atoms with Crippen molar-refractivity contribution in [1.82, 2.24) is 0 Å². The third-order valence-corrected chi connectivity index (χ3v) is 4.87. The normalized spacial score (nSPS) is 11.2. The van der Waals surface area contributed by atoms with Gasteiger partial charge in [0.1, 0.15) is 5.75 Å². The molecule has 0 aliphatic heterocycles. The molecule has 1 aromatic rings. The van der Waals surface area contributed by atoms with Crippen LogP contribution in [0.1, 0.15) is 26.7 Å². The summed E-state index contributed by atoms with van der Waals surface area (Å²) in [5, 5.41) is 11.9. The van der Waals surface area contributed by atoms with Gasteiger partial charge in [-0.15, -0.1) is 0 Å². The van der Waals surface area contributed by atoms with Crippen molar-refractivity contribution in [2.75, 3.05) is 19.0 Å². The molecule has 0 atom stereocenters. The van der Waals surface area contributed by atoms with Gasteiger partial charge in [0.05, 0.1) is 24.7 Å². The molecule has 0 amide bonds.